The summed E-state index contributed by atoms with van der Waals surface area (Å²) in [4.78, 5) is 19.7. The van der Waals surface area contributed by atoms with Gasteiger partial charge < -0.3 is 10.4 Å². The lowest BCUT2D eigenvalue weighted by atomic mass is 10.2. The molecule has 0 aliphatic heterocycles. The first-order valence-corrected chi connectivity index (χ1v) is 7.80. The predicted molar refractivity (Wildman–Crippen MR) is 88.2 cm³/mol. The Balaban J connectivity index is 2.47. The van der Waals surface area contributed by atoms with Gasteiger partial charge >= 0.3 is 5.97 Å². The quantitative estimate of drug-likeness (QED) is 0.766. The van der Waals surface area contributed by atoms with Gasteiger partial charge in [-0.25, -0.2) is 14.8 Å². The van der Waals surface area contributed by atoms with Crippen LogP contribution in [0.3, 0.4) is 0 Å². The number of nitrogens with one attached hydrogen (secondary N) is 1. The van der Waals surface area contributed by atoms with Crippen LogP contribution in [0.2, 0.25) is 0 Å². The van der Waals surface area contributed by atoms with E-state index >= 15 is 0 Å². The SMILES string of the molecule is CC(C)c1ncc(Nc2c(Br)cccc2Br)c(C(=O)O)n1. The highest BCUT2D eigenvalue weighted by molar-refractivity contribution is 9.11. The maximum atomic E-state index is 11.4. The van der Waals surface area contributed by atoms with E-state index in [4.69, 9.17) is 0 Å². The van der Waals surface area contributed by atoms with Gasteiger partial charge in [0, 0.05) is 14.9 Å². The average Bonchev–Trinajstić information content (AvgIpc) is 2.42. The number of aromatic nitrogens is 2. The van der Waals surface area contributed by atoms with Crippen LogP contribution in [0.5, 0.6) is 0 Å². The summed E-state index contributed by atoms with van der Waals surface area (Å²) >= 11 is 6.85. The predicted octanol–water partition coefficient (Wildman–Crippen LogP) is 4.57. The second-order valence-corrected chi connectivity index (χ2v) is 6.38. The maximum absolute atomic E-state index is 11.4. The number of aromatic carboxylic acids is 1. The van der Waals surface area contributed by atoms with Crippen molar-refractivity contribution in [1.82, 2.24) is 9.97 Å². The number of carboxylic acid groups (broad SMARTS) is 1. The molecular weight excluding hydrogens is 402 g/mol. The van der Waals surface area contributed by atoms with E-state index in [-0.39, 0.29) is 11.6 Å². The van der Waals surface area contributed by atoms with Gasteiger partial charge in [0.25, 0.3) is 0 Å². The molecule has 2 N–H and O–H groups in total. The Kier molecular flexibility index (Phi) is 4.95. The van der Waals surface area contributed by atoms with E-state index in [0.717, 1.165) is 14.6 Å². The van der Waals surface area contributed by atoms with Crippen molar-refractivity contribution in [2.45, 2.75) is 19.8 Å². The van der Waals surface area contributed by atoms with Crippen molar-refractivity contribution in [2.24, 2.45) is 0 Å². The topological polar surface area (TPSA) is 75.1 Å². The lowest BCUT2D eigenvalue weighted by Crippen LogP contribution is -2.10. The van der Waals surface area contributed by atoms with E-state index in [0.29, 0.717) is 11.5 Å². The first-order chi connectivity index (χ1) is 9.90. The molecule has 0 radical (unpaired) electrons. The maximum Gasteiger partial charge on any atom is 0.356 e. The Bertz CT molecular complexity index is 670. The van der Waals surface area contributed by atoms with E-state index in [2.05, 4.69) is 47.1 Å². The van der Waals surface area contributed by atoms with E-state index < -0.39 is 5.97 Å². The summed E-state index contributed by atoms with van der Waals surface area (Å²) < 4.78 is 1.61. The van der Waals surface area contributed by atoms with Gasteiger partial charge in [-0.3, -0.25) is 0 Å². The molecule has 110 valence electrons. The molecule has 0 aliphatic rings. The van der Waals surface area contributed by atoms with Crippen molar-refractivity contribution in [1.29, 1.82) is 0 Å². The Morgan fingerprint density at radius 1 is 1.29 bits per heavy atom. The highest BCUT2D eigenvalue weighted by Gasteiger charge is 2.17. The van der Waals surface area contributed by atoms with Crippen LogP contribution in [0.15, 0.2) is 33.3 Å². The minimum Gasteiger partial charge on any atom is -0.476 e. The molecule has 2 aromatic rings. The molecule has 21 heavy (non-hydrogen) atoms. The third kappa shape index (κ3) is 3.59. The second-order valence-electron chi connectivity index (χ2n) is 4.67. The van der Waals surface area contributed by atoms with Crippen molar-refractivity contribution in [3.8, 4) is 0 Å². The number of anilines is 2. The van der Waals surface area contributed by atoms with Gasteiger partial charge in [-0.05, 0) is 44.0 Å². The molecule has 1 heterocycles. The highest BCUT2D eigenvalue weighted by Crippen LogP contribution is 2.33. The Hall–Kier alpha value is -1.47. The van der Waals surface area contributed by atoms with E-state index in [1.165, 1.54) is 6.20 Å². The fraction of sp³-hybridized carbons (Fsp3) is 0.214. The third-order valence-corrected chi connectivity index (χ3v) is 4.07. The van der Waals surface area contributed by atoms with E-state index in [1.807, 2.05) is 32.0 Å². The zero-order valence-corrected chi connectivity index (χ0v) is 14.6. The molecule has 0 fully saturated rings. The number of rotatable bonds is 4. The standard InChI is InChI=1S/C14H13Br2N3O2/c1-7(2)13-17-6-10(12(19-13)14(20)21)18-11-8(15)4-3-5-9(11)16/h3-7,18H,1-2H3,(H,20,21). The van der Waals surface area contributed by atoms with Crippen LogP contribution in [0, 0.1) is 0 Å². The van der Waals surface area contributed by atoms with Gasteiger partial charge in [0.15, 0.2) is 5.69 Å². The number of carbonyl (C=O) groups is 1. The van der Waals surface area contributed by atoms with E-state index in [1.54, 1.807) is 0 Å². The van der Waals surface area contributed by atoms with Gasteiger partial charge in [0.05, 0.1) is 17.6 Å². The van der Waals surface area contributed by atoms with Crippen molar-refractivity contribution in [3.63, 3.8) is 0 Å². The van der Waals surface area contributed by atoms with Crippen molar-refractivity contribution >= 4 is 49.2 Å². The number of hydrogen-bond acceptors (Lipinski definition) is 4. The first-order valence-electron chi connectivity index (χ1n) is 6.21. The summed E-state index contributed by atoms with van der Waals surface area (Å²) in [6, 6.07) is 5.59. The molecule has 0 saturated heterocycles. The van der Waals surface area contributed by atoms with Crippen LogP contribution in [-0.2, 0) is 0 Å². The van der Waals surface area contributed by atoms with Crippen LogP contribution in [0.4, 0.5) is 11.4 Å². The number of benzene rings is 1. The first kappa shape index (κ1) is 15.9. The summed E-state index contributed by atoms with van der Waals surface area (Å²) in [6.45, 7) is 3.83. The van der Waals surface area contributed by atoms with E-state index in [9.17, 15) is 9.90 Å². The van der Waals surface area contributed by atoms with Crippen molar-refractivity contribution in [3.05, 3.63) is 44.9 Å². The average molecular weight is 415 g/mol. The zero-order valence-electron chi connectivity index (χ0n) is 11.4. The number of hydrogen-bond donors (Lipinski definition) is 2. The minimum absolute atomic E-state index is 0.0450. The smallest absolute Gasteiger partial charge is 0.356 e. The molecule has 7 heteroatoms. The minimum atomic E-state index is -1.09. The van der Waals surface area contributed by atoms with Crippen molar-refractivity contribution < 1.29 is 9.90 Å². The normalized spacial score (nSPS) is 10.7. The lowest BCUT2D eigenvalue weighted by Gasteiger charge is -2.13. The summed E-state index contributed by atoms with van der Waals surface area (Å²) in [5.41, 5.74) is 1.02. The van der Waals surface area contributed by atoms with Crippen LogP contribution in [0.1, 0.15) is 36.1 Å². The molecule has 0 spiro atoms. The molecule has 0 amide bonds. The fourth-order valence-corrected chi connectivity index (χ4v) is 2.88. The van der Waals surface area contributed by atoms with Crippen LogP contribution >= 0.6 is 31.9 Å². The molecular formula is C14H13Br2N3O2. The van der Waals surface area contributed by atoms with Gasteiger partial charge in [-0.2, -0.15) is 0 Å². The molecule has 1 aromatic carbocycles. The Labute approximate surface area is 139 Å². The molecule has 0 saturated carbocycles. The van der Waals surface area contributed by atoms with Gasteiger partial charge in [-0.15, -0.1) is 0 Å². The molecule has 0 aliphatic carbocycles. The van der Waals surface area contributed by atoms with Gasteiger partial charge in [0.2, 0.25) is 0 Å². The van der Waals surface area contributed by atoms with Crippen LogP contribution in [0.25, 0.3) is 0 Å². The van der Waals surface area contributed by atoms with Crippen LogP contribution in [-0.4, -0.2) is 21.0 Å². The molecule has 1 aromatic heterocycles. The highest BCUT2D eigenvalue weighted by atomic mass is 79.9. The zero-order chi connectivity index (χ0) is 15.6. The van der Waals surface area contributed by atoms with Crippen molar-refractivity contribution in [2.75, 3.05) is 5.32 Å². The van der Waals surface area contributed by atoms with Crippen LogP contribution < -0.4 is 5.32 Å². The fourth-order valence-electron chi connectivity index (χ4n) is 1.68. The molecule has 0 unspecified atom stereocenters. The monoisotopic (exact) mass is 413 g/mol. The lowest BCUT2D eigenvalue weighted by molar-refractivity contribution is 0.0691. The Morgan fingerprint density at radius 2 is 1.90 bits per heavy atom. The molecule has 0 bridgehead atoms. The summed E-state index contributed by atoms with van der Waals surface area (Å²) in [5, 5.41) is 12.4. The second kappa shape index (κ2) is 6.53. The van der Waals surface area contributed by atoms with Gasteiger partial charge in [-0.1, -0.05) is 19.9 Å². The summed E-state index contributed by atoms with van der Waals surface area (Å²) in [5.74, 6) is -0.526. The molecule has 5 nitrogen and oxygen atoms in total. The summed E-state index contributed by atoms with van der Waals surface area (Å²) in [6.07, 6.45) is 1.50. The number of carboxylic acids is 1. The largest absolute Gasteiger partial charge is 0.476 e. The summed E-state index contributed by atoms with van der Waals surface area (Å²) in [7, 11) is 0. The van der Waals surface area contributed by atoms with Gasteiger partial charge in [0.1, 0.15) is 5.82 Å². The third-order valence-electron chi connectivity index (χ3n) is 2.75. The Morgan fingerprint density at radius 3 is 2.43 bits per heavy atom. The number of para-hydroxylation sites is 1. The number of nitrogens with zero attached hydrogens (tertiary/aromatic N) is 2. The number of halogens is 2. The molecule has 0 atom stereocenters. The molecule has 2 rings (SSSR count).